The molecule has 31 heavy (non-hydrogen) atoms. The second kappa shape index (κ2) is 7.75. The van der Waals surface area contributed by atoms with Crippen LogP contribution in [0.3, 0.4) is 0 Å². The van der Waals surface area contributed by atoms with Gasteiger partial charge in [0.05, 0.1) is 11.8 Å². The number of fused-ring (bicyclic) bond motifs is 1. The lowest BCUT2D eigenvalue weighted by Crippen LogP contribution is -2.29. The van der Waals surface area contributed by atoms with E-state index in [-0.39, 0.29) is 22.5 Å². The molecule has 4 aromatic rings. The largest absolute Gasteiger partial charge is 0.268 e. The molecule has 1 heterocycles. The summed E-state index contributed by atoms with van der Waals surface area (Å²) in [6, 6.07) is 14.3. The fraction of sp³-hybridized carbons (Fsp3) is 0.0476. The third-order valence-electron chi connectivity index (χ3n) is 4.49. The first kappa shape index (κ1) is 21.0. The summed E-state index contributed by atoms with van der Waals surface area (Å²) in [6.07, 6.45) is 0.820. The van der Waals surface area contributed by atoms with Gasteiger partial charge in [0.1, 0.15) is 23.0 Å². The third-order valence-corrected chi connectivity index (χ3v) is 5.28. The lowest BCUT2D eigenvalue weighted by atomic mass is 10.1. The standard InChI is InChI=1S/C21H14ClF2N3O3S/c1-31(29,30)26-21(28)12-6-8-19(17(24)10-12)27-18-9-7-13(22)11-15(18)20(25-27)14-4-2-3-5-16(14)23/h2-11H,1H3,(H,26,28). The van der Waals surface area contributed by atoms with Crippen LogP contribution in [-0.4, -0.2) is 30.4 Å². The Morgan fingerprint density at radius 2 is 1.77 bits per heavy atom. The van der Waals surface area contributed by atoms with Crippen molar-refractivity contribution in [2.24, 2.45) is 0 Å². The maximum atomic E-state index is 14.9. The van der Waals surface area contributed by atoms with Crippen LogP contribution in [-0.2, 0) is 10.0 Å². The van der Waals surface area contributed by atoms with Crippen LogP contribution in [0, 0.1) is 11.6 Å². The van der Waals surface area contributed by atoms with Gasteiger partial charge in [-0.3, -0.25) is 4.79 Å². The van der Waals surface area contributed by atoms with Gasteiger partial charge in [0.25, 0.3) is 5.91 Å². The van der Waals surface area contributed by atoms with E-state index in [4.69, 9.17) is 11.6 Å². The number of sulfonamides is 1. The molecule has 158 valence electrons. The van der Waals surface area contributed by atoms with Crippen molar-refractivity contribution in [3.05, 3.63) is 82.9 Å². The van der Waals surface area contributed by atoms with Gasteiger partial charge in [-0.1, -0.05) is 23.7 Å². The van der Waals surface area contributed by atoms with Crippen molar-refractivity contribution in [2.45, 2.75) is 0 Å². The molecule has 1 aromatic heterocycles. The third kappa shape index (κ3) is 4.14. The van der Waals surface area contributed by atoms with Crippen molar-refractivity contribution in [2.75, 3.05) is 6.26 Å². The zero-order valence-electron chi connectivity index (χ0n) is 15.9. The number of nitrogens with zero attached hydrogens (tertiary/aromatic N) is 2. The summed E-state index contributed by atoms with van der Waals surface area (Å²) < 4.78 is 54.9. The van der Waals surface area contributed by atoms with E-state index in [0.717, 1.165) is 12.3 Å². The zero-order valence-corrected chi connectivity index (χ0v) is 17.5. The Kier molecular flexibility index (Phi) is 5.24. The molecule has 0 unspecified atom stereocenters. The first-order chi connectivity index (χ1) is 14.6. The lowest BCUT2D eigenvalue weighted by molar-refractivity contribution is 0.0981. The fourth-order valence-electron chi connectivity index (χ4n) is 3.17. The van der Waals surface area contributed by atoms with E-state index in [1.54, 1.807) is 41.1 Å². The van der Waals surface area contributed by atoms with Crippen LogP contribution in [0.5, 0.6) is 0 Å². The van der Waals surface area contributed by atoms with Crippen LogP contribution in [0.25, 0.3) is 27.8 Å². The molecule has 0 aliphatic rings. The number of halogens is 3. The predicted molar refractivity (Wildman–Crippen MR) is 114 cm³/mol. The summed E-state index contributed by atoms with van der Waals surface area (Å²) in [4.78, 5) is 12.0. The Bertz CT molecular complexity index is 1450. The van der Waals surface area contributed by atoms with Crippen LogP contribution in [0.4, 0.5) is 8.78 Å². The normalized spacial score (nSPS) is 11.6. The van der Waals surface area contributed by atoms with Gasteiger partial charge >= 0.3 is 0 Å². The Morgan fingerprint density at radius 3 is 2.45 bits per heavy atom. The van der Waals surface area contributed by atoms with Crippen molar-refractivity contribution < 1.29 is 22.0 Å². The summed E-state index contributed by atoms with van der Waals surface area (Å²) in [7, 11) is -3.80. The number of carbonyl (C=O) groups is 1. The molecule has 0 saturated carbocycles. The molecule has 0 radical (unpaired) electrons. The molecule has 0 bridgehead atoms. The van der Waals surface area contributed by atoms with Crippen molar-refractivity contribution in [1.29, 1.82) is 0 Å². The fourth-order valence-corrected chi connectivity index (χ4v) is 3.80. The number of benzene rings is 3. The van der Waals surface area contributed by atoms with Gasteiger partial charge in [-0.2, -0.15) is 5.10 Å². The molecule has 0 aliphatic carbocycles. The molecular formula is C21H14ClF2N3O3S. The second-order valence-corrected chi connectivity index (χ2v) is 8.96. The predicted octanol–water partition coefficient (Wildman–Crippen LogP) is 4.31. The number of amides is 1. The molecule has 6 nitrogen and oxygen atoms in total. The summed E-state index contributed by atoms with van der Waals surface area (Å²) in [5.74, 6) is -2.28. The molecule has 1 amide bonds. The molecule has 0 saturated heterocycles. The molecule has 0 atom stereocenters. The lowest BCUT2D eigenvalue weighted by Gasteiger charge is -2.08. The first-order valence-electron chi connectivity index (χ1n) is 8.89. The van der Waals surface area contributed by atoms with E-state index in [9.17, 15) is 22.0 Å². The van der Waals surface area contributed by atoms with Gasteiger partial charge in [-0.05, 0) is 48.5 Å². The van der Waals surface area contributed by atoms with Crippen molar-refractivity contribution in [3.8, 4) is 16.9 Å². The zero-order chi connectivity index (χ0) is 22.3. The Labute approximate surface area is 181 Å². The smallest absolute Gasteiger partial charge is 0.264 e. The molecule has 3 aromatic carbocycles. The summed E-state index contributed by atoms with van der Waals surface area (Å²) in [5.41, 5.74) is 0.771. The number of hydrogen-bond acceptors (Lipinski definition) is 4. The highest BCUT2D eigenvalue weighted by Gasteiger charge is 2.20. The Balaban J connectivity index is 1.88. The number of hydrogen-bond donors (Lipinski definition) is 1. The van der Waals surface area contributed by atoms with Gasteiger partial charge in [0.2, 0.25) is 10.0 Å². The van der Waals surface area contributed by atoms with Crippen LogP contribution in [0.1, 0.15) is 10.4 Å². The Hall–Kier alpha value is -3.30. The summed E-state index contributed by atoms with van der Waals surface area (Å²) >= 11 is 6.11. The number of aromatic nitrogens is 2. The van der Waals surface area contributed by atoms with E-state index in [2.05, 4.69) is 5.10 Å². The summed E-state index contributed by atoms with van der Waals surface area (Å²) in [6.45, 7) is 0. The van der Waals surface area contributed by atoms with Crippen LogP contribution in [0.15, 0.2) is 60.7 Å². The maximum Gasteiger partial charge on any atom is 0.264 e. The number of nitrogens with one attached hydrogen (secondary N) is 1. The van der Waals surface area contributed by atoms with Gasteiger partial charge in [0.15, 0.2) is 0 Å². The van der Waals surface area contributed by atoms with E-state index < -0.39 is 27.6 Å². The molecule has 4 rings (SSSR count). The van der Waals surface area contributed by atoms with Gasteiger partial charge < -0.3 is 0 Å². The Morgan fingerprint density at radius 1 is 1.03 bits per heavy atom. The molecule has 10 heteroatoms. The minimum Gasteiger partial charge on any atom is -0.268 e. The highest BCUT2D eigenvalue weighted by atomic mass is 35.5. The number of rotatable bonds is 4. The molecule has 0 fully saturated rings. The maximum absolute atomic E-state index is 14.9. The average Bonchev–Trinajstić information content (AvgIpc) is 3.05. The van der Waals surface area contributed by atoms with Crippen LogP contribution < -0.4 is 4.72 Å². The van der Waals surface area contributed by atoms with Crippen LogP contribution >= 0.6 is 11.6 Å². The first-order valence-corrected chi connectivity index (χ1v) is 11.2. The van der Waals surface area contributed by atoms with Gasteiger partial charge in [-0.25, -0.2) is 26.6 Å². The molecular weight excluding hydrogens is 448 g/mol. The van der Waals surface area contributed by atoms with E-state index >= 15 is 0 Å². The van der Waals surface area contributed by atoms with Gasteiger partial charge in [-0.15, -0.1) is 0 Å². The minimum atomic E-state index is -3.80. The van der Waals surface area contributed by atoms with E-state index in [1.165, 1.54) is 22.9 Å². The highest BCUT2D eigenvalue weighted by Crippen LogP contribution is 2.33. The molecule has 0 aliphatic heterocycles. The molecule has 0 spiro atoms. The van der Waals surface area contributed by atoms with Crippen molar-refractivity contribution in [3.63, 3.8) is 0 Å². The highest BCUT2D eigenvalue weighted by molar-refractivity contribution is 7.89. The van der Waals surface area contributed by atoms with E-state index in [0.29, 0.717) is 15.9 Å². The SMILES string of the molecule is CS(=O)(=O)NC(=O)c1ccc(-n2nc(-c3ccccc3F)c3cc(Cl)ccc32)c(F)c1. The minimum absolute atomic E-state index is 0.00850. The van der Waals surface area contributed by atoms with Crippen molar-refractivity contribution in [1.82, 2.24) is 14.5 Å². The number of carbonyl (C=O) groups excluding carboxylic acids is 1. The van der Waals surface area contributed by atoms with Gasteiger partial charge in [0, 0.05) is 21.5 Å². The van der Waals surface area contributed by atoms with E-state index in [1.807, 2.05) is 0 Å². The monoisotopic (exact) mass is 461 g/mol. The summed E-state index contributed by atoms with van der Waals surface area (Å²) in [5, 5.41) is 5.32. The quantitative estimate of drug-likeness (QED) is 0.491. The van der Waals surface area contributed by atoms with Crippen molar-refractivity contribution >= 4 is 38.4 Å². The average molecular weight is 462 g/mol. The molecule has 1 N–H and O–H groups in total. The second-order valence-electron chi connectivity index (χ2n) is 6.77. The topological polar surface area (TPSA) is 81.1 Å². The van der Waals surface area contributed by atoms with Crippen LogP contribution in [0.2, 0.25) is 5.02 Å².